The topological polar surface area (TPSA) is 121 Å². The van der Waals surface area contributed by atoms with Gasteiger partial charge >= 0.3 is 0 Å². The van der Waals surface area contributed by atoms with Gasteiger partial charge in [-0.15, -0.1) is 0 Å². The summed E-state index contributed by atoms with van der Waals surface area (Å²) in [7, 11) is 0. The number of hydrogen-bond acceptors (Lipinski definition) is 7. The van der Waals surface area contributed by atoms with Crippen LogP contribution in [0.1, 0.15) is 46.5 Å². The number of halogens is 1. The van der Waals surface area contributed by atoms with E-state index < -0.39 is 17.7 Å². The standard InChI is InChI=1S/C24H27FN6O4/c1-24(2,34)20(25)13-30-12-14-8-18(19(9-16(14)23(30)33)35-15-4-6-26-10-15)29-22(32)17-11-28-31-7-3-5-27-21(17)31/h3,5,7-9,11,15,20,26,34H,4,6,10,12-13H2,1-2H3,(H,29,32)/t15-,20+/m0/s1. The van der Waals surface area contributed by atoms with E-state index in [0.29, 0.717) is 40.3 Å². The number of nitrogens with zero attached hydrogens (tertiary/aromatic N) is 4. The van der Waals surface area contributed by atoms with E-state index in [2.05, 4.69) is 20.7 Å². The molecule has 0 bridgehead atoms. The molecule has 11 heteroatoms. The molecule has 2 aromatic heterocycles. The van der Waals surface area contributed by atoms with Gasteiger partial charge in [-0.2, -0.15) is 5.10 Å². The van der Waals surface area contributed by atoms with Gasteiger partial charge in [0, 0.05) is 31.0 Å². The largest absolute Gasteiger partial charge is 0.487 e. The molecule has 0 aliphatic carbocycles. The fraction of sp³-hybridized carbons (Fsp3) is 0.417. The lowest BCUT2D eigenvalue weighted by molar-refractivity contribution is -0.0159. The monoisotopic (exact) mass is 482 g/mol. The summed E-state index contributed by atoms with van der Waals surface area (Å²) in [6.07, 6.45) is 3.79. The van der Waals surface area contributed by atoms with E-state index in [1.54, 1.807) is 30.6 Å². The van der Waals surface area contributed by atoms with Crippen molar-refractivity contribution in [2.75, 3.05) is 25.0 Å². The van der Waals surface area contributed by atoms with Gasteiger partial charge < -0.3 is 25.4 Å². The van der Waals surface area contributed by atoms with E-state index in [-0.39, 0.29) is 25.1 Å². The molecule has 1 saturated heterocycles. The number of nitrogens with one attached hydrogen (secondary N) is 2. The van der Waals surface area contributed by atoms with Crippen LogP contribution in [0.3, 0.4) is 0 Å². The fourth-order valence-electron chi connectivity index (χ4n) is 4.25. The van der Waals surface area contributed by atoms with E-state index in [9.17, 15) is 19.1 Å². The molecule has 184 valence electrons. The van der Waals surface area contributed by atoms with Crippen molar-refractivity contribution in [2.24, 2.45) is 0 Å². The van der Waals surface area contributed by atoms with E-state index in [0.717, 1.165) is 13.0 Å². The molecule has 0 unspecified atom stereocenters. The lowest BCUT2D eigenvalue weighted by Gasteiger charge is -2.26. The Bertz CT molecular complexity index is 1280. The summed E-state index contributed by atoms with van der Waals surface area (Å²) in [4.78, 5) is 31.7. The second-order valence-electron chi connectivity index (χ2n) is 9.45. The number of amides is 2. The van der Waals surface area contributed by atoms with Crippen LogP contribution in [0.15, 0.2) is 36.8 Å². The maximum atomic E-state index is 14.5. The quantitative estimate of drug-likeness (QED) is 0.469. The van der Waals surface area contributed by atoms with E-state index in [4.69, 9.17) is 4.74 Å². The highest BCUT2D eigenvalue weighted by atomic mass is 19.1. The van der Waals surface area contributed by atoms with E-state index >= 15 is 0 Å². The maximum Gasteiger partial charge on any atom is 0.261 e. The molecule has 10 nitrogen and oxygen atoms in total. The first kappa shape index (κ1) is 23.2. The smallest absolute Gasteiger partial charge is 0.261 e. The number of aliphatic hydroxyl groups is 1. The first-order valence-electron chi connectivity index (χ1n) is 11.5. The van der Waals surface area contributed by atoms with Gasteiger partial charge in [-0.3, -0.25) is 9.59 Å². The molecule has 3 aromatic rings. The number of fused-ring (bicyclic) bond motifs is 2. The molecule has 3 N–H and O–H groups in total. The lowest BCUT2D eigenvalue weighted by Crippen LogP contribution is -2.42. The predicted octanol–water partition coefficient (Wildman–Crippen LogP) is 1.79. The van der Waals surface area contributed by atoms with E-state index in [1.807, 2.05) is 0 Å². The number of carbonyl (C=O) groups excluding carboxylic acids is 2. The molecule has 2 atom stereocenters. The van der Waals surface area contributed by atoms with Gasteiger partial charge in [-0.25, -0.2) is 13.9 Å². The Kier molecular flexibility index (Phi) is 5.89. The Morgan fingerprint density at radius 2 is 2.26 bits per heavy atom. The minimum Gasteiger partial charge on any atom is -0.487 e. The zero-order chi connectivity index (χ0) is 24.7. The molecule has 2 aliphatic rings. The highest BCUT2D eigenvalue weighted by molar-refractivity contribution is 6.09. The van der Waals surface area contributed by atoms with Crippen LogP contribution in [0.4, 0.5) is 10.1 Å². The maximum absolute atomic E-state index is 14.5. The van der Waals surface area contributed by atoms with Crippen LogP contribution in [0.25, 0.3) is 5.65 Å². The molecule has 0 radical (unpaired) electrons. The number of rotatable bonds is 7. The molecule has 35 heavy (non-hydrogen) atoms. The van der Waals surface area contributed by atoms with Gasteiger partial charge in [-0.1, -0.05) is 0 Å². The fourth-order valence-corrected chi connectivity index (χ4v) is 4.25. The van der Waals surface area contributed by atoms with Crippen molar-refractivity contribution in [1.82, 2.24) is 24.8 Å². The Balaban J connectivity index is 1.45. The molecule has 1 fully saturated rings. The summed E-state index contributed by atoms with van der Waals surface area (Å²) in [5, 5.41) is 20.2. The van der Waals surface area contributed by atoms with Gasteiger partial charge in [0.2, 0.25) is 0 Å². The summed E-state index contributed by atoms with van der Waals surface area (Å²) in [5.41, 5.74) is 0.580. The van der Waals surface area contributed by atoms with Crippen LogP contribution in [-0.2, 0) is 6.54 Å². The number of carbonyl (C=O) groups is 2. The van der Waals surface area contributed by atoms with Crippen LogP contribution >= 0.6 is 0 Å². The summed E-state index contributed by atoms with van der Waals surface area (Å²) in [6, 6.07) is 5.02. The van der Waals surface area contributed by atoms with Crippen molar-refractivity contribution in [3.63, 3.8) is 0 Å². The molecule has 1 aromatic carbocycles. The average molecular weight is 483 g/mol. The molecule has 2 amide bonds. The van der Waals surface area contributed by atoms with Crippen LogP contribution < -0.4 is 15.4 Å². The first-order chi connectivity index (χ1) is 16.7. The van der Waals surface area contributed by atoms with E-state index in [1.165, 1.54) is 29.5 Å². The zero-order valence-corrected chi connectivity index (χ0v) is 19.5. The van der Waals surface area contributed by atoms with Crippen LogP contribution in [0, 0.1) is 0 Å². The third-order valence-electron chi connectivity index (χ3n) is 6.31. The molecule has 4 heterocycles. The number of hydrogen-bond donors (Lipinski definition) is 3. The highest BCUT2D eigenvalue weighted by Crippen LogP contribution is 2.35. The lowest BCUT2D eigenvalue weighted by atomic mass is 10.0. The molecule has 2 aliphatic heterocycles. The SMILES string of the molecule is CC(C)(O)[C@H](F)CN1Cc2cc(NC(=O)c3cnn4cccnc34)c(O[C@H]3CCNC3)cc2C1=O. The van der Waals surface area contributed by atoms with Crippen molar-refractivity contribution >= 4 is 23.1 Å². The molecule has 5 rings (SSSR count). The Labute approximate surface area is 201 Å². The second-order valence-corrected chi connectivity index (χ2v) is 9.45. The van der Waals surface area contributed by atoms with Crippen molar-refractivity contribution in [2.45, 2.75) is 44.7 Å². The number of alkyl halides is 1. The average Bonchev–Trinajstić information content (AvgIpc) is 3.54. The minimum atomic E-state index is -1.61. The summed E-state index contributed by atoms with van der Waals surface area (Å²) in [6.45, 7) is 4.13. The first-order valence-corrected chi connectivity index (χ1v) is 11.5. The molecular formula is C24H27FN6O4. The molecular weight excluding hydrogens is 455 g/mol. The van der Waals surface area contributed by atoms with Crippen LogP contribution in [0.5, 0.6) is 5.75 Å². The number of anilines is 1. The van der Waals surface area contributed by atoms with Crippen molar-refractivity contribution in [3.05, 3.63) is 53.5 Å². The summed E-state index contributed by atoms with van der Waals surface area (Å²) < 4.78 is 22.2. The number of ether oxygens (including phenoxy) is 1. The van der Waals surface area contributed by atoms with Crippen molar-refractivity contribution < 1.29 is 23.8 Å². The Morgan fingerprint density at radius 1 is 1.43 bits per heavy atom. The van der Waals surface area contributed by atoms with Crippen molar-refractivity contribution in [1.29, 1.82) is 0 Å². The zero-order valence-electron chi connectivity index (χ0n) is 19.5. The Morgan fingerprint density at radius 3 is 3.00 bits per heavy atom. The van der Waals surface area contributed by atoms with Crippen molar-refractivity contribution in [3.8, 4) is 5.75 Å². The molecule has 0 saturated carbocycles. The van der Waals surface area contributed by atoms with Gasteiger partial charge in [0.05, 0.1) is 24.0 Å². The summed E-state index contributed by atoms with van der Waals surface area (Å²) >= 11 is 0. The Hall–Kier alpha value is -3.57. The summed E-state index contributed by atoms with van der Waals surface area (Å²) in [5.74, 6) is -0.393. The molecule has 0 spiro atoms. The number of aromatic nitrogens is 3. The van der Waals surface area contributed by atoms with Gasteiger partial charge in [-0.05, 0) is 50.6 Å². The predicted molar refractivity (Wildman–Crippen MR) is 125 cm³/mol. The minimum absolute atomic E-state index is 0.111. The third kappa shape index (κ3) is 4.56. The van der Waals surface area contributed by atoms with Gasteiger partial charge in [0.1, 0.15) is 23.6 Å². The number of benzene rings is 1. The normalized spacial score (nSPS) is 18.7. The van der Waals surface area contributed by atoms with Gasteiger partial charge in [0.25, 0.3) is 11.8 Å². The van der Waals surface area contributed by atoms with Crippen LogP contribution in [-0.4, -0.2) is 73.9 Å². The van der Waals surface area contributed by atoms with Crippen LogP contribution in [0.2, 0.25) is 0 Å². The third-order valence-corrected chi connectivity index (χ3v) is 6.31. The second kappa shape index (κ2) is 8.90. The van der Waals surface area contributed by atoms with Gasteiger partial charge in [0.15, 0.2) is 5.65 Å². The highest BCUT2D eigenvalue weighted by Gasteiger charge is 2.35.